The van der Waals surface area contributed by atoms with E-state index in [0.29, 0.717) is 0 Å². The molecule has 9 aromatic carbocycles. The summed E-state index contributed by atoms with van der Waals surface area (Å²) in [5.41, 5.74) is 19.5. The van der Waals surface area contributed by atoms with Crippen molar-refractivity contribution in [3.8, 4) is 44.5 Å². The maximum absolute atomic E-state index is 2.41. The number of benzene rings is 9. The fourth-order valence-corrected chi connectivity index (χ4v) is 10.3. The second kappa shape index (κ2) is 14.6. The van der Waals surface area contributed by atoms with Crippen molar-refractivity contribution in [3.63, 3.8) is 0 Å². The average molecular weight is 787 g/mol. The molecule has 0 atom stereocenters. The van der Waals surface area contributed by atoms with Crippen molar-refractivity contribution in [2.24, 2.45) is 0 Å². The van der Waals surface area contributed by atoms with Crippen molar-refractivity contribution < 1.29 is 0 Å². The summed E-state index contributed by atoms with van der Waals surface area (Å²) in [5, 5.41) is 0. The molecule has 2 nitrogen and oxygen atoms in total. The number of nitrogens with zero attached hydrogens (tertiary/aromatic N) is 2. The maximum Gasteiger partial charge on any atom is 0.0602 e. The monoisotopic (exact) mass is 786 g/mol. The van der Waals surface area contributed by atoms with E-state index < -0.39 is 0 Å². The molecule has 1 heterocycles. The zero-order valence-electron chi connectivity index (χ0n) is 33.6. The lowest BCUT2D eigenvalue weighted by molar-refractivity contribution is 0.660. The van der Waals surface area contributed by atoms with Crippen LogP contribution in [-0.2, 0) is 5.41 Å². The lowest BCUT2D eigenvalue weighted by atomic mass is 9.82. The van der Waals surface area contributed by atoms with E-state index in [4.69, 9.17) is 0 Å². The molecule has 3 heteroatoms. The van der Waals surface area contributed by atoms with Crippen molar-refractivity contribution >= 4 is 45.9 Å². The highest BCUT2D eigenvalue weighted by atomic mass is 32.2. The second-order valence-corrected chi connectivity index (χ2v) is 17.3. The molecular weight excluding hydrogens is 745 g/mol. The van der Waals surface area contributed by atoms with Crippen molar-refractivity contribution in [2.45, 2.75) is 29.1 Å². The standard InChI is InChI=1S/C57H42N2S/c1-57(2)51-21-10-9-20-49(51)50-34-33-48(38-52(50)57)58(46-29-24-40(25-30-46)43-17-13-16-42(36-43)39-14-5-3-6-15-39)47-31-26-41(27-32-47)44-28-35-54-56(37-44)60-55-23-12-11-22-53(55)59(54)45-18-7-4-8-19-45/h3-38H,1-2H3. The van der Waals surface area contributed by atoms with Gasteiger partial charge in [0, 0.05) is 38.0 Å². The van der Waals surface area contributed by atoms with Gasteiger partial charge in [-0.05, 0) is 134 Å². The zero-order chi connectivity index (χ0) is 40.2. The third-order valence-electron chi connectivity index (χ3n) is 12.3. The highest BCUT2D eigenvalue weighted by molar-refractivity contribution is 7.99. The van der Waals surface area contributed by atoms with Gasteiger partial charge in [-0.15, -0.1) is 0 Å². The number of rotatable bonds is 7. The van der Waals surface area contributed by atoms with Gasteiger partial charge in [-0.3, -0.25) is 0 Å². The van der Waals surface area contributed by atoms with E-state index in [2.05, 4.69) is 242 Å². The lowest BCUT2D eigenvalue weighted by Crippen LogP contribution is -2.16. The van der Waals surface area contributed by atoms with E-state index >= 15 is 0 Å². The van der Waals surface area contributed by atoms with Gasteiger partial charge in [0.15, 0.2) is 0 Å². The third kappa shape index (κ3) is 6.22. The summed E-state index contributed by atoms with van der Waals surface area (Å²) in [6.45, 7) is 4.71. The van der Waals surface area contributed by atoms with Gasteiger partial charge < -0.3 is 9.80 Å². The molecule has 286 valence electrons. The van der Waals surface area contributed by atoms with Crippen LogP contribution >= 0.6 is 11.8 Å². The molecule has 1 aliphatic heterocycles. The number of para-hydroxylation sites is 2. The minimum atomic E-state index is -0.105. The van der Waals surface area contributed by atoms with Crippen LogP contribution in [0, 0.1) is 0 Å². The molecule has 0 N–H and O–H groups in total. The largest absolute Gasteiger partial charge is 0.310 e. The zero-order valence-corrected chi connectivity index (χ0v) is 34.4. The molecule has 11 rings (SSSR count). The van der Waals surface area contributed by atoms with Gasteiger partial charge in [0.2, 0.25) is 0 Å². The van der Waals surface area contributed by atoms with Gasteiger partial charge in [0.05, 0.1) is 11.4 Å². The van der Waals surface area contributed by atoms with Gasteiger partial charge in [0.25, 0.3) is 0 Å². The van der Waals surface area contributed by atoms with Crippen LogP contribution in [0.15, 0.2) is 228 Å². The quantitative estimate of drug-likeness (QED) is 0.159. The minimum Gasteiger partial charge on any atom is -0.310 e. The first-order valence-electron chi connectivity index (χ1n) is 20.7. The fraction of sp³-hybridized carbons (Fsp3) is 0.0526. The Labute approximate surface area is 357 Å². The molecule has 0 saturated heterocycles. The van der Waals surface area contributed by atoms with Gasteiger partial charge in [-0.2, -0.15) is 0 Å². The molecule has 0 amide bonds. The third-order valence-corrected chi connectivity index (χ3v) is 13.4. The van der Waals surface area contributed by atoms with E-state index in [9.17, 15) is 0 Å². The summed E-state index contributed by atoms with van der Waals surface area (Å²) >= 11 is 1.85. The Kier molecular flexibility index (Phi) is 8.79. The van der Waals surface area contributed by atoms with E-state index in [1.807, 2.05) is 11.8 Å². The van der Waals surface area contributed by atoms with E-state index in [1.54, 1.807) is 0 Å². The molecular formula is C57H42N2S. The van der Waals surface area contributed by atoms with Crippen LogP contribution in [0.3, 0.4) is 0 Å². The molecule has 9 aromatic rings. The molecule has 2 aliphatic rings. The van der Waals surface area contributed by atoms with Crippen LogP contribution < -0.4 is 9.80 Å². The Morgan fingerprint density at radius 1 is 0.367 bits per heavy atom. The van der Waals surface area contributed by atoms with Crippen molar-refractivity contribution in [3.05, 3.63) is 230 Å². The second-order valence-electron chi connectivity index (χ2n) is 16.2. The average Bonchev–Trinajstić information content (AvgIpc) is 3.54. The number of hydrogen-bond donors (Lipinski definition) is 0. The van der Waals surface area contributed by atoms with E-state index in [1.165, 1.54) is 76.8 Å². The highest BCUT2D eigenvalue weighted by Crippen LogP contribution is 2.53. The van der Waals surface area contributed by atoms with E-state index in [0.717, 1.165) is 22.7 Å². The summed E-state index contributed by atoms with van der Waals surface area (Å²) in [5.74, 6) is 0. The van der Waals surface area contributed by atoms with Crippen LogP contribution in [-0.4, -0.2) is 0 Å². The van der Waals surface area contributed by atoms with Gasteiger partial charge >= 0.3 is 0 Å². The smallest absolute Gasteiger partial charge is 0.0602 e. The molecule has 1 aliphatic carbocycles. The van der Waals surface area contributed by atoms with E-state index in [-0.39, 0.29) is 5.41 Å². The summed E-state index contributed by atoms with van der Waals surface area (Å²) in [7, 11) is 0. The minimum absolute atomic E-state index is 0.105. The summed E-state index contributed by atoms with van der Waals surface area (Å²) in [4.78, 5) is 7.29. The van der Waals surface area contributed by atoms with Crippen molar-refractivity contribution in [1.29, 1.82) is 0 Å². The Bertz CT molecular complexity index is 3020. The number of hydrogen-bond acceptors (Lipinski definition) is 3. The SMILES string of the molecule is CC1(C)c2ccccc2-c2ccc(N(c3ccc(-c4cccc(-c5ccccc5)c4)cc3)c3ccc(-c4ccc5c(c4)Sc4ccccc4N5c4ccccc4)cc3)cc21. The normalized spacial score (nSPS) is 13.2. The number of anilines is 6. The molecule has 0 bridgehead atoms. The molecule has 0 fully saturated rings. The Morgan fingerprint density at radius 3 is 1.60 bits per heavy atom. The Morgan fingerprint density at radius 2 is 0.883 bits per heavy atom. The lowest BCUT2D eigenvalue weighted by Gasteiger charge is -2.33. The van der Waals surface area contributed by atoms with Crippen LogP contribution in [0.25, 0.3) is 44.5 Å². The fourth-order valence-electron chi connectivity index (χ4n) is 9.19. The molecule has 0 saturated carbocycles. The van der Waals surface area contributed by atoms with Crippen LogP contribution in [0.1, 0.15) is 25.0 Å². The van der Waals surface area contributed by atoms with Crippen LogP contribution in [0.5, 0.6) is 0 Å². The Hall–Kier alpha value is -7.07. The predicted octanol–water partition coefficient (Wildman–Crippen LogP) is 16.4. The van der Waals surface area contributed by atoms with Crippen LogP contribution in [0.2, 0.25) is 0 Å². The summed E-state index contributed by atoms with van der Waals surface area (Å²) < 4.78 is 0. The molecule has 0 unspecified atom stereocenters. The first kappa shape index (κ1) is 36.0. The highest BCUT2D eigenvalue weighted by Gasteiger charge is 2.36. The summed E-state index contributed by atoms with van der Waals surface area (Å²) in [6.07, 6.45) is 0. The van der Waals surface area contributed by atoms with Gasteiger partial charge in [-0.25, -0.2) is 0 Å². The molecule has 0 aromatic heterocycles. The van der Waals surface area contributed by atoms with Gasteiger partial charge in [-0.1, -0.05) is 165 Å². The Balaban J connectivity index is 0.969. The van der Waals surface area contributed by atoms with Crippen molar-refractivity contribution in [1.82, 2.24) is 0 Å². The molecule has 60 heavy (non-hydrogen) atoms. The van der Waals surface area contributed by atoms with Gasteiger partial charge in [0.1, 0.15) is 0 Å². The number of fused-ring (bicyclic) bond motifs is 5. The first-order valence-corrected chi connectivity index (χ1v) is 21.5. The molecule has 0 spiro atoms. The molecule has 0 radical (unpaired) electrons. The van der Waals surface area contributed by atoms with Crippen LogP contribution in [0.4, 0.5) is 34.1 Å². The maximum atomic E-state index is 2.41. The first-order chi connectivity index (χ1) is 29.5. The predicted molar refractivity (Wildman–Crippen MR) is 254 cm³/mol. The topological polar surface area (TPSA) is 6.48 Å². The summed E-state index contributed by atoms with van der Waals surface area (Å²) in [6, 6.07) is 79.8. The van der Waals surface area contributed by atoms with Crippen molar-refractivity contribution in [2.75, 3.05) is 9.80 Å².